The number of carbonyl (C=O) groups excluding carboxylic acids is 2. The standard InChI is InChI=1S/C29H33FN2O3/c1-3-7-28(33)32(21-24-10-14-25(30)15-11-24)27(20-23-8-5-4-6-9-23)29(34)31-19-18-22-12-16-26(35-2)17-13-22/h4-6,8-17,27H,3,7,18-21H2,1-2H3,(H,31,34). The molecule has 0 spiro atoms. The highest BCUT2D eigenvalue weighted by atomic mass is 19.1. The lowest BCUT2D eigenvalue weighted by Gasteiger charge is -2.31. The molecular formula is C29H33FN2O3. The number of amides is 2. The van der Waals surface area contributed by atoms with E-state index in [0.717, 1.165) is 22.4 Å². The van der Waals surface area contributed by atoms with Crippen LogP contribution < -0.4 is 10.1 Å². The molecule has 0 saturated carbocycles. The summed E-state index contributed by atoms with van der Waals surface area (Å²) in [5.74, 6) is 0.154. The molecule has 0 saturated heterocycles. The summed E-state index contributed by atoms with van der Waals surface area (Å²) in [6.45, 7) is 2.63. The van der Waals surface area contributed by atoms with Gasteiger partial charge < -0.3 is 15.0 Å². The molecule has 0 bridgehead atoms. The van der Waals surface area contributed by atoms with Gasteiger partial charge >= 0.3 is 0 Å². The number of rotatable bonds is 12. The van der Waals surface area contributed by atoms with Gasteiger partial charge in [0.25, 0.3) is 0 Å². The van der Waals surface area contributed by atoms with E-state index in [2.05, 4.69) is 5.32 Å². The van der Waals surface area contributed by atoms with Crippen molar-refractivity contribution in [1.29, 1.82) is 0 Å². The van der Waals surface area contributed by atoms with Crippen LogP contribution >= 0.6 is 0 Å². The number of hydrogen-bond donors (Lipinski definition) is 1. The molecule has 3 aromatic carbocycles. The van der Waals surface area contributed by atoms with Gasteiger partial charge in [0.2, 0.25) is 11.8 Å². The molecule has 1 N–H and O–H groups in total. The van der Waals surface area contributed by atoms with Crippen LogP contribution in [0, 0.1) is 5.82 Å². The van der Waals surface area contributed by atoms with Crippen LogP contribution in [-0.4, -0.2) is 36.4 Å². The van der Waals surface area contributed by atoms with Crippen LogP contribution in [0.2, 0.25) is 0 Å². The van der Waals surface area contributed by atoms with Crippen molar-refractivity contribution in [2.45, 2.75) is 45.2 Å². The first-order chi connectivity index (χ1) is 17.0. The van der Waals surface area contributed by atoms with E-state index in [-0.39, 0.29) is 24.2 Å². The lowest BCUT2D eigenvalue weighted by atomic mass is 10.0. The maximum absolute atomic E-state index is 13.4. The summed E-state index contributed by atoms with van der Waals surface area (Å²) in [7, 11) is 1.62. The number of nitrogens with zero attached hydrogens (tertiary/aromatic N) is 1. The zero-order valence-electron chi connectivity index (χ0n) is 20.4. The Balaban J connectivity index is 1.79. The zero-order valence-corrected chi connectivity index (χ0v) is 20.4. The average Bonchev–Trinajstić information content (AvgIpc) is 2.88. The number of halogens is 1. The molecule has 0 aliphatic rings. The third-order valence-corrected chi connectivity index (χ3v) is 5.87. The van der Waals surface area contributed by atoms with Crippen molar-refractivity contribution in [3.8, 4) is 5.75 Å². The van der Waals surface area contributed by atoms with E-state index in [4.69, 9.17) is 4.74 Å². The number of methoxy groups -OCH3 is 1. The van der Waals surface area contributed by atoms with Gasteiger partial charge in [0.15, 0.2) is 0 Å². The SMILES string of the molecule is CCCC(=O)N(Cc1ccc(F)cc1)C(Cc1ccccc1)C(=O)NCCc1ccc(OC)cc1. The Labute approximate surface area is 206 Å². The van der Waals surface area contributed by atoms with Crippen LogP contribution in [0.1, 0.15) is 36.5 Å². The summed E-state index contributed by atoms with van der Waals surface area (Å²) in [6.07, 6.45) is 2.07. The van der Waals surface area contributed by atoms with Gasteiger partial charge in [-0.1, -0.05) is 61.5 Å². The quantitative estimate of drug-likeness (QED) is 0.403. The van der Waals surface area contributed by atoms with Crippen LogP contribution in [0.5, 0.6) is 5.75 Å². The molecule has 0 aliphatic carbocycles. The normalized spacial score (nSPS) is 11.5. The Morgan fingerprint density at radius 1 is 0.914 bits per heavy atom. The molecule has 0 aromatic heterocycles. The predicted octanol–water partition coefficient (Wildman–Crippen LogP) is 4.93. The van der Waals surface area contributed by atoms with E-state index >= 15 is 0 Å². The summed E-state index contributed by atoms with van der Waals surface area (Å²) < 4.78 is 18.6. The summed E-state index contributed by atoms with van der Waals surface area (Å²) in [5.41, 5.74) is 2.83. The van der Waals surface area contributed by atoms with Crippen molar-refractivity contribution in [2.75, 3.05) is 13.7 Å². The first-order valence-electron chi connectivity index (χ1n) is 12.0. The molecule has 0 fully saturated rings. The Bertz CT molecular complexity index is 1070. The Kier molecular flexibility index (Phi) is 9.84. The van der Waals surface area contributed by atoms with Crippen LogP contribution in [-0.2, 0) is 29.0 Å². The molecule has 0 aliphatic heterocycles. The van der Waals surface area contributed by atoms with E-state index < -0.39 is 6.04 Å². The fourth-order valence-corrected chi connectivity index (χ4v) is 3.94. The van der Waals surface area contributed by atoms with Crippen molar-refractivity contribution in [3.63, 3.8) is 0 Å². The van der Waals surface area contributed by atoms with Crippen molar-refractivity contribution < 1.29 is 18.7 Å². The predicted molar refractivity (Wildman–Crippen MR) is 135 cm³/mol. The van der Waals surface area contributed by atoms with Crippen LogP contribution in [0.3, 0.4) is 0 Å². The smallest absolute Gasteiger partial charge is 0.243 e. The van der Waals surface area contributed by atoms with Gasteiger partial charge in [0.1, 0.15) is 17.6 Å². The number of hydrogen-bond acceptors (Lipinski definition) is 3. The lowest BCUT2D eigenvalue weighted by molar-refractivity contribution is -0.141. The van der Waals surface area contributed by atoms with Gasteiger partial charge in [-0.2, -0.15) is 0 Å². The highest BCUT2D eigenvalue weighted by Gasteiger charge is 2.29. The van der Waals surface area contributed by atoms with Gasteiger partial charge in [0, 0.05) is 25.9 Å². The number of ether oxygens (including phenoxy) is 1. The van der Waals surface area contributed by atoms with E-state index in [0.29, 0.717) is 32.2 Å². The molecule has 0 heterocycles. The summed E-state index contributed by atoms with van der Waals surface area (Å²) in [5, 5.41) is 3.03. The van der Waals surface area contributed by atoms with E-state index in [9.17, 15) is 14.0 Å². The van der Waals surface area contributed by atoms with Gasteiger partial charge in [-0.05, 0) is 53.8 Å². The third-order valence-electron chi connectivity index (χ3n) is 5.87. The molecule has 6 heteroatoms. The highest BCUT2D eigenvalue weighted by molar-refractivity contribution is 5.88. The minimum Gasteiger partial charge on any atom is -0.497 e. The third kappa shape index (κ3) is 7.95. The summed E-state index contributed by atoms with van der Waals surface area (Å²) in [4.78, 5) is 28.2. The molecule has 3 rings (SSSR count). The van der Waals surface area contributed by atoms with Gasteiger partial charge in [-0.25, -0.2) is 4.39 Å². The number of carbonyl (C=O) groups is 2. The minimum absolute atomic E-state index is 0.0944. The maximum Gasteiger partial charge on any atom is 0.243 e. The fraction of sp³-hybridized carbons (Fsp3) is 0.310. The van der Waals surface area contributed by atoms with Crippen molar-refractivity contribution in [2.24, 2.45) is 0 Å². The zero-order chi connectivity index (χ0) is 25.0. The second-order valence-corrected chi connectivity index (χ2v) is 8.49. The first kappa shape index (κ1) is 25.9. The van der Waals surface area contributed by atoms with Crippen LogP contribution in [0.4, 0.5) is 4.39 Å². The molecule has 3 aromatic rings. The molecular weight excluding hydrogens is 443 g/mol. The summed E-state index contributed by atoms with van der Waals surface area (Å²) in [6, 6.07) is 22.8. The second-order valence-electron chi connectivity index (χ2n) is 8.49. The van der Waals surface area contributed by atoms with E-state index in [1.54, 1.807) is 24.1 Å². The minimum atomic E-state index is -0.683. The maximum atomic E-state index is 13.4. The Morgan fingerprint density at radius 2 is 1.57 bits per heavy atom. The van der Waals surface area contributed by atoms with Crippen LogP contribution in [0.15, 0.2) is 78.9 Å². The number of benzene rings is 3. The highest BCUT2D eigenvalue weighted by Crippen LogP contribution is 2.17. The molecule has 184 valence electrons. The lowest BCUT2D eigenvalue weighted by Crippen LogP contribution is -2.50. The molecule has 1 atom stereocenters. The van der Waals surface area contributed by atoms with Crippen molar-refractivity contribution in [1.82, 2.24) is 10.2 Å². The average molecular weight is 477 g/mol. The van der Waals surface area contributed by atoms with Gasteiger partial charge in [0.05, 0.1) is 7.11 Å². The van der Waals surface area contributed by atoms with E-state index in [1.807, 2.05) is 61.5 Å². The van der Waals surface area contributed by atoms with Crippen molar-refractivity contribution in [3.05, 3.63) is 101 Å². The molecule has 5 nitrogen and oxygen atoms in total. The van der Waals surface area contributed by atoms with Gasteiger partial charge in [-0.15, -0.1) is 0 Å². The Morgan fingerprint density at radius 3 is 2.20 bits per heavy atom. The molecule has 0 radical (unpaired) electrons. The monoisotopic (exact) mass is 476 g/mol. The summed E-state index contributed by atoms with van der Waals surface area (Å²) >= 11 is 0. The molecule has 1 unspecified atom stereocenters. The fourth-order valence-electron chi connectivity index (χ4n) is 3.94. The first-order valence-corrected chi connectivity index (χ1v) is 12.0. The van der Waals surface area contributed by atoms with Crippen molar-refractivity contribution >= 4 is 11.8 Å². The largest absolute Gasteiger partial charge is 0.497 e. The van der Waals surface area contributed by atoms with Gasteiger partial charge in [-0.3, -0.25) is 9.59 Å². The Hall–Kier alpha value is -3.67. The van der Waals surface area contributed by atoms with Crippen LogP contribution in [0.25, 0.3) is 0 Å². The van der Waals surface area contributed by atoms with E-state index in [1.165, 1.54) is 12.1 Å². The second kappa shape index (κ2) is 13.3. The topological polar surface area (TPSA) is 58.6 Å². The molecule has 2 amide bonds. The number of nitrogens with one attached hydrogen (secondary N) is 1. The molecule has 35 heavy (non-hydrogen) atoms.